The van der Waals surface area contributed by atoms with Crippen LogP contribution in [0.1, 0.15) is 11.8 Å². The molecule has 0 aliphatic heterocycles. The summed E-state index contributed by atoms with van der Waals surface area (Å²) in [4.78, 5) is 12.5. The normalized spacial score (nSPS) is 12.5. The van der Waals surface area contributed by atoms with Crippen molar-refractivity contribution in [3.63, 3.8) is 0 Å². The number of hydrogen-bond acceptors (Lipinski definition) is 3. The molecule has 3 N–H and O–H groups in total. The second-order valence-electron chi connectivity index (χ2n) is 3.38. The molecule has 1 amide bonds. The number of halogens is 1. The summed E-state index contributed by atoms with van der Waals surface area (Å²) in [5.41, 5.74) is 5.38. The fourth-order valence-corrected chi connectivity index (χ4v) is 2.16. The van der Waals surface area contributed by atoms with Crippen LogP contribution in [0.25, 0.3) is 0 Å². The summed E-state index contributed by atoms with van der Waals surface area (Å²) in [7, 11) is 0. The molecule has 1 heterocycles. The Labute approximate surface area is 98.6 Å². The van der Waals surface area contributed by atoms with E-state index in [1.807, 2.05) is 19.1 Å². The van der Waals surface area contributed by atoms with Gasteiger partial charge in [-0.2, -0.15) is 0 Å². The van der Waals surface area contributed by atoms with Crippen molar-refractivity contribution in [2.45, 2.75) is 13.3 Å². The molecule has 0 saturated heterocycles. The molecule has 1 aromatic heterocycles. The molecule has 84 valence electrons. The molecule has 0 aliphatic carbocycles. The van der Waals surface area contributed by atoms with Gasteiger partial charge in [0.05, 0.1) is 4.34 Å². The molecule has 0 spiro atoms. The average Bonchev–Trinajstić information content (AvgIpc) is 2.63. The molecule has 1 aromatic rings. The van der Waals surface area contributed by atoms with E-state index in [2.05, 4.69) is 5.32 Å². The molecule has 5 heteroatoms. The molecule has 0 bridgehead atoms. The van der Waals surface area contributed by atoms with E-state index < -0.39 is 0 Å². The summed E-state index contributed by atoms with van der Waals surface area (Å²) >= 11 is 7.33. The van der Waals surface area contributed by atoms with Gasteiger partial charge in [0, 0.05) is 23.9 Å². The van der Waals surface area contributed by atoms with Gasteiger partial charge >= 0.3 is 0 Å². The summed E-state index contributed by atoms with van der Waals surface area (Å²) in [6, 6.07) is 3.84. The van der Waals surface area contributed by atoms with Crippen LogP contribution < -0.4 is 11.1 Å². The zero-order valence-corrected chi connectivity index (χ0v) is 10.2. The molecule has 0 aromatic carbocycles. The molecule has 0 aliphatic rings. The van der Waals surface area contributed by atoms with Crippen molar-refractivity contribution in [1.29, 1.82) is 0 Å². The van der Waals surface area contributed by atoms with Crippen LogP contribution in [0.2, 0.25) is 4.34 Å². The first-order chi connectivity index (χ1) is 7.13. The van der Waals surface area contributed by atoms with Crippen LogP contribution in [-0.2, 0) is 11.2 Å². The molecule has 3 nitrogen and oxygen atoms in total. The number of hydrogen-bond donors (Lipinski definition) is 2. The Bertz CT molecular complexity index is 327. The number of thiophene rings is 1. The second kappa shape index (κ2) is 6.10. The van der Waals surface area contributed by atoms with Crippen LogP contribution in [0.15, 0.2) is 12.1 Å². The minimum atomic E-state index is -0.114. The van der Waals surface area contributed by atoms with Crippen LogP contribution in [0.5, 0.6) is 0 Å². The highest BCUT2D eigenvalue weighted by atomic mass is 35.5. The maximum Gasteiger partial charge on any atom is 0.224 e. The Morgan fingerprint density at radius 3 is 2.93 bits per heavy atom. The van der Waals surface area contributed by atoms with Crippen LogP contribution in [-0.4, -0.2) is 19.0 Å². The first-order valence-electron chi connectivity index (χ1n) is 4.85. The Hall–Kier alpha value is -0.580. The van der Waals surface area contributed by atoms with E-state index in [9.17, 15) is 4.79 Å². The van der Waals surface area contributed by atoms with Gasteiger partial charge in [0.15, 0.2) is 0 Å². The molecule has 0 radical (unpaired) electrons. The van der Waals surface area contributed by atoms with E-state index in [4.69, 9.17) is 17.3 Å². The lowest BCUT2D eigenvalue weighted by molar-refractivity contribution is -0.124. The third-order valence-electron chi connectivity index (χ3n) is 2.10. The lowest BCUT2D eigenvalue weighted by atomic mass is 10.1. The van der Waals surface area contributed by atoms with Gasteiger partial charge in [0.25, 0.3) is 0 Å². The quantitative estimate of drug-likeness (QED) is 0.830. The van der Waals surface area contributed by atoms with E-state index in [0.717, 1.165) is 10.8 Å². The summed E-state index contributed by atoms with van der Waals surface area (Å²) in [5.74, 6) is -0.0999. The Morgan fingerprint density at radius 1 is 1.67 bits per heavy atom. The number of carbonyl (C=O) groups excluding carboxylic acids is 1. The number of carbonyl (C=O) groups is 1. The smallest absolute Gasteiger partial charge is 0.224 e. The zero-order valence-electron chi connectivity index (χ0n) is 8.63. The third kappa shape index (κ3) is 4.20. The summed E-state index contributed by atoms with van der Waals surface area (Å²) in [6.45, 7) is 2.84. The highest BCUT2D eigenvalue weighted by Crippen LogP contribution is 2.21. The Kier molecular flexibility index (Phi) is 5.08. The summed E-state index contributed by atoms with van der Waals surface area (Å²) < 4.78 is 0.784. The van der Waals surface area contributed by atoms with Crippen molar-refractivity contribution >= 4 is 28.8 Å². The average molecular weight is 247 g/mol. The fraction of sp³-hybridized carbons (Fsp3) is 0.500. The lowest BCUT2D eigenvalue weighted by Gasteiger charge is -2.08. The van der Waals surface area contributed by atoms with Gasteiger partial charge in [-0.15, -0.1) is 11.3 Å². The third-order valence-corrected chi connectivity index (χ3v) is 3.39. The molecular formula is C10H15ClN2OS. The molecule has 1 atom stereocenters. The van der Waals surface area contributed by atoms with Crippen LogP contribution >= 0.6 is 22.9 Å². The van der Waals surface area contributed by atoms with Gasteiger partial charge in [-0.05, 0) is 18.6 Å². The Balaban J connectivity index is 2.24. The molecular weight excluding hydrogens is 232 g/mol. The fourth-order valence-electron chi connectivity index (χ4n) is 1.08. The molecule has 0 saturated carbocycles. The number of amides is 1. The van der Waals surface area contributed by atoms with Gasteiger partial charge in [-0.25, -0.2) is 0 Å². The molecule has 1 unspecified atom stereocenters. The molecule has 15 heavy (non-hydrogen) atoms. The topological polar surface area (TPSA) is 55.1 Å². The van der Waals surface area contributed by atoms with Crippen molar-refractivity contribution in [3.8, 4) is 0 Å². The van der Waals surface area contributed by atoms with Gasteiger partial charge in [-0.1, -0.05) is 18.5 Å². The van der Waals surface area contributed by atoms with Gasteiger partial charge < -0.3 is 11.1 Å². The van der Waals surface area contributed by atoms with Crippen molar-refractivity contribution in [2.75, 3.05) is 13.1 Å². The largest absolute Gasteiger partial charge is 0.355 e. The van der Waals surface area contributed by atoms with Gasteiger partial charge in [-0.3, -0.25) is 4.79 Å². The van der Waals surface area contributed by atoms with E-state index in [1.54, 1.807) is 11.3 Å². The maximum absolute atomic E-state index is 11.4. The highest BCUT2D eigenvalue weighted by Gasteiger charge is 2.09. The van der Waals surface area contributed by atoms with E-state index >= 15 is 0 Å². The van der Waals surface area contributed by atoms with Crippen LogP contribution in [0.3, 0.4) is 0 Å². The summed E-state index contributed by atoms with van der Waals surface area (Å²) in [6.07, 6.45) is 0.820. The van der Waals surface area contributed by atoms with E-state index in [0.29, 0.717) is 13.1 Å². The van der Waals surface area contributed by atoms with Gasteiger partial charge in [0.2, 0.25) is 5.91 Å². The SMILES string of the molecule is CC(CN)C(=O)NCCc1ccc(Cl)s1. The lowest BCUT2D eigenvalue weighted by Crippen LogP contribution is -2.34. The predicted molar refractivity (Wildman–Crippen MR) is 64.3 cm³/mol. The number of nitrogens with one attached hydrogen (secondary N) is 1. The monoisotopic (exact) mass is 246 g/mol. The zero-order chi connectivity index (χ0) is 11.3. The summed E-state index contributed by atoms with van der Waals surface area (Å²) in [5, 5.41) is 2.84. The maximum atomic E-state index is 11.4. The van der Waals surface area contributed by atoms with Crippen LogP contribution in [0.4, 0.5) is 0 Å². The van der Waals surface area contributed by atoms with E-state index in [1.165, 1.54) is 4.88 Å². The Morgan fingerprint density at radius 2 is 2.40 bits per heavy atom. The van der Waals surface area contributed by atoms with Gasteiger partial charge in [0.1, 0.15) is 0 Å². The number of rotatable bonds is 5. The standard InChI is InChI=1S/C10H15ClN2OS/c1-7(6-12)10(14)13-5-4-8-2-3-9(11)15-8/h2-3,7H,4-6,12H2,1H3,(H,13,14). The number of nitrogens with two attached hydrogens (primary N) is 1. The minimum Gasteiger partial charge on any atom is -0.355 e. The van der Waals surface area contributed by atoms with E-state index in [-0.39, 0.29) is 11.8 Å². The first-order valence-corrected chi connectivity index (χ1v) is 6.05. The van der Waals surface area contributed by atoms with Crippen molar-refractivity contribution in [1.82, 2.24) is 5.32 Å². The first kappa shape index (κ1) is 12.5. The molecule has 1 rings (SSSR count). The van der Waals surface area contributed by atoms with Crippen molar-refractivity contribution < 1.29 is 4.79 Å². The van der Waals surface area contributed by atoms with Crippen molar-refractivity contribution in [2.24, 2.45) is 11.7 Å². The second-order valence-corrected chi connectivity index (χ2v) is 5.18. The molecule has 0 fully saturated rings. The highest BCUT2D eigenvalue weighted by molar-refractivity contribution is 7.16. The van der Waals surface area contributed by atoms with Crippen LogP contribution in [0, 0.1) is 5.92 Å². The minimum absolute atomic E-state index is 0.0140. The van der Waals surface area contributed by atoms with Crippen molar-refractivity contribution in [3.05, 3.63) is 21.3 Å². The predicted octanol–water partition coefficient (Wildman–Crippen LogP) is 1.66.